The van der Waals surface area contributed by atoms with E-state index in [2.05, 4.69) is 0 Å². The molecule has 0 spiro atoms. The van der Waals surface area contributed by atoms with Crippen molar-refractivity contribution >= 4 is 0 Å². The molecule has 0 saturated heterocycles. The molecule has 0 aliphatic rings. The highest BCUT2D eigenvalue weighted by atomic mass is 16.5. The molecule has 0 fully saturated rings. The van der Waals surface area contributed by atoms with Crippen molar-refractivity contribution < 1.29 is 9.84 Å². The maximum absolute atomic E-state index is 8.06. The van der Waals surface area contributed by atoms with Crippen LogP contribution in [-0.2, 0) is 4.74 Å². The van der Waals surface area contributed by atoms with Crippen molar-refractivity contribution in [3.05, 3.63) is 0 Å². The van der Waals surface area contributed by atoms with Gasteiger partial charge in [0.1, 0.15) is 0 Å². The summed E-state index contributed by atoms with van der Waals surface area (Å²) in [7, 11) is 1.68. The summed E-state index contributed by atoms with van der Waals surface area (Å²) in [6, 6.07) is 0. The summed E-state index contributed by atoms with van der Waals surface area (Å²) in [5, 5.41) is 8.06. The van der Waals surface area contributed by atoms with E-state index in [0.717, 1.165) is 19.6 Å². The van der Waals surface area contributed by atoms with Crippen LogP contribution in [0, 0.1) is 0 Å². The Labute approximate surface area is 63.2 Å². The Morgan fingerprint density at radius 2 is 1.90 bits per heavy atom. The van der Waals surface area contributed by atoms with Gasteiger partial charge in [-0.3, -0.25) is 0 Å². The van der Waals surface area contributed by atoms with E-state index in [0.29, 0.717) is 0 Å². The van der Waals surface area contributed by atoms with E-state index >= 15 is 0 Å². The predicted molar refractivity (Wildman–Crippen MR) is 42.9 cm³/mol. The molecule has 0 heterocycles. The third kappa shape index (κ3) is 45.0. The Kier molecular flexibility index (Phi) is 14.6. The number of rotatable bonds is 3. The minimum atomic E-state index is -0.167. The van der Waals surface area contributed by atoms with Crippen molar-refractivity contribution in [3.63, 3.8) is 0 Å². The zero-order valence-electron chi connectivity index (χ0n) is 7.13. The summed E-state index contributed by atoms with van der Waals surface area (Å²) in [6.45, 7) is 4.96. The Balaban J connectivity index is 0. The largest absolute Gasteiger partial charge is 0.394 e. The van der Waals surface area contributed by atoms with Gasteiger partial charge in [-0.05, 0) is 26.8 Å². The zero-order chi connectivity index (χ0) is 8.41. The molecule has 0 radical (unpaired) electrons. The van der Waals surface area contributed by atoms with Gasteiger partial charge in [0.2, 0.25) is 0 Å². The lowest BCUT2D eigenvalue weighted by Crippen LogP contribution is -2.01. The van der Waals surface area contributed by atoms with Crippen LogP contribution in [0.25, 0.3) is 0 Å². The van der Waals surface area contributed by atoms with Crippen LogP contribution in [0.5, 0.6) is 0 Å². The minimum absolute atomic E-state index is 0.167. The van der Waals surface area contributed by atoms with Gasteiger partial charge in [0.05, 0.1) is 0 Å². The number of aliphatic hydroxyl groups excluding tert-OH is 1. The molecule has 3 heteroatoms. The predicted octanol–water partition coefficient (Wildman–Crippen LogP) is 0.369. The van der Waals surface area contributed by atoms with Gasteiger partial charge in [0.15, 0.2) is 0 Å². The third-order valence-electron chi connectivity index (χ3n) is 0.553. The molecule has 0 saturated carbocycles. The van der Waals surface area contributed by atoms with Crippen LogP contribution in [0.15, 0.2) is 0 Å². The number of nitrogens with two attached hydrogens (primary N) is 1. The van der Waals surface area contributed by atoms with E-state index < -0.39 is 0 Å². The van der Waals surface area contributed by atoms with Crippen molar-refractivity contribution in [2.24, 2.45) is 5.73 Å². The van der Waals surface area contributed by atoms with Crippen molar-refractivity contribution in [2.75, 3.05) is 20.3 Å². The highest BCUT2D eigenvalue weighted by Crippen LogP contribution is 1.70. The minimum Gasteiger partial charge on any atom is -0.394 e. The van der Waals surface area contributed by atoms with Gasteiger partial charge in [0, 0.05) is 19.8 Å². The SMILES string of the molecule is CC(C)O.COCCCN. The van der Waals surface area contributed by atoms with E-state index in [1.165, 1.54) is 0 Å². The average molecular weight is 149 g/mol. The molecule has 0 aromatic rings. The first-order chi connectivity index (χ1) is 4.65. The molecule has 0 atom stereocenters. The summed E-state index contributed by atoms with van der Waals surface area (Å²) in [4.78, 5) is 0. The molecule has 10 heavy (non-hydrogen) atoms. The summed E-state index contributed by atoms with van der Waals surface area (Å²) in [5.41, 5.74) is 5.13. The normalized spacial score (nSPS) is 9.00. The number of methoxy groups -OCH3 is 1. The average Bonchev–Trinajstić information content (AvgIpc) is 1.82. The highest BCUT2D eigenvalue weighted by Gasteiger charge is 1.74. The molecule has 0 bridgehead atoms. The smallest absolute Gasteiger partial charge is 0.0483 e. The van der Waals surface area contributed by atoms with Crippen molar-refractivity contribution in [1.82, 2.24) is 0 Å². The number of aliphatic hydroxyl groups is 1. The van der Waals surface area contributed by atoms with E-state index in [9.17, 15) is 0 Å². The molecule has 0 aliphatic carbocycles. The third-order valence-corrected chi connectivity index (χ3v) is 0.553. The summed E-state index contributed by atoms with van der Waals surface area (Å²) in [5.74, 6) is 0. The van der Waals surface area contributed by atoms with Gasteiger partial charge >= 0.3 is 0 Å². The van der Waals surface area contributed by atoms with Crippen LogP contribution in [-0.4, -0.2) is 31.5 Å². The van der Waals surface area contributed by atoms with Crippen LogP contribution in [0.1, 0.15) is 20.3 Å². The summed E-state index contributed by atoms with van der Waals surface area (Å²) in [6.07, 6.45) is 0.802. The maximum Gasteiger partial charge on any atom is 0.0483 e. The molecule has 0 unspecified atom stereocenters. The van der Waals surface area contributed by atoms with Crippen molar-refractivity contribution in [3.8, 4) is 0 Å². The van der Waals surface area contributed by atoms with Crippen molar-refractivity contribution in [2.45, 2.75) is 26.4 Å². The van der Waals surface area contributed by atoms with Crippen LogP contribution >= 0.6 is 0 Å². The fourth-order valence-electron chi connectivity index (χ4n) is 0.228. The molecule has 3 nitrogen and oxygen atoms in total. The van der Waals surface area contributed by atoms with Gasteiger partial charge in [-0.1, -0.05) is 0 Å². The molecular formula is C7H19NO2. The molecule has 0 aliphatic heterocycles. The fraction of sp³-hybridized carbons (Fsp3) is 1.00. The van der Waals surface area contributed by atoms with E-state index in [1.807, 2.05) is 0 Å². The van der Waals surface area contributed by atoms with Crippen LogP contribution in [0.4, 0.5) is 0 Å². The topological polar surface area (TPSA) is 55.5 Å². The number of hydrogen-bond acceptors (Lipinski definition) is 3. The first kappa shape index (κ1) is 12.5. The quantitative estimate of drug-likeness (QED) is 0.570. The summed E-state index contributed by atoms with van der Waals surface area (Å²) >= 11 is 0. The zero-order valence-corrected chi connectivity index (χ0v) is 7.13. The molecule has 0 rings (SSSR count). The molecule has 0 aromatic heterocycles. The molecule has 0 aromatic carbocycles. The Bertz CT molecular complexity index is 42.1. The monoisotopic (exact) mass is 149 g/mol. The van der Waals surface area contributed by atoms with E-state index in [4.69, 9.17) is 15.6 Å². The number of hydrogen-bond donors (Lipinski definition) is 2. The van der Waals surface area contributed by atoms with Gasteiger partial charge in [-0.2, -0.15) is 0 Å². The molecule has 64 valence electrons. The van der Waals surface area contributed by atoms with Gasteiger partial charge in [-0.25, -0.2) is 0 Å². The van der Waals surface area contributed by atoms with Crippen molar-refractivity contribution in [1.29, 1.82) is 0 Å². The lowest BCUT2D eigenvalue weighted by Gasteiger charge is -1.89. The molecule has 3 N–H and O–H groups in total. The Hall–Kier alpha value is -0.120. The highest BCUT2D eigenvalue weighted by molar-refractivity contribution is 4.31. The second-order valence-electron chi connectivity index (χ2n) is 2.23. The number of ether oxygens (including phenoxy) is 1. The van der Waals surface area contributed by atoms with Crippen LogP contribution < -0.4 is 5.73 Å². The Morgan fingerprint density at radius 1 is 1.50 bits per heavy atom. The van der Waals surface area contributed by atoms with Crippen LogP contribution in [0.3, 0.4) is 0 Å². The first-order valence-electron chi connectivity index (χ1n) is 3.52. The molecule has 0 amide bonds. The molecular weight excluding hydrogens is 130 g/mol. The van der Waals surface area contributed by atoms with E-state index in [1.54, 1.807) is 21.0 Å². The standard InChI is InChI=1S/C4H11NO.C3H8O/c1-6-4-2-3-5;1-3(2)4/h2-5H2,1H3;3-4H,1-2H3. The second kappa shape index (κ2) is 11.6. The lowest BCUT2D eigenvalue weighted by molar-refractivity contribution is 0.197. The first-order valence-corrected chi connectivity index (χ1v) is 3.52. The fourth-order valence-corrected chi connectivity index (χ4v) is 0.228. The van der Waals surface area contributed by atoms with E-state index in [-0.39, 0.29) is 6.10 Å². The van der Waals surface area contributed by atoms with Gasteiger partial charge < -0.3 is 15.6 Å². The summed E-state index contributed by atoms with van der Waals surface area (Å²) < 4.78 is 4.70. The lowest BCUT2D eigenvalue weighted by atomic mass is 10.5. The van der Waals surface area contributed by atoms with Gasteiger partial charge in [0.25, 0.3) is 0 Å². The Morgan fingerprint density at radius 3 is 2.00 bits per heavy atom. The van der Waals surface area contributed by atoms with Gasteiger partial charge in [-0.15, -0.1) is 0 Å². The maximum atomic E-state index is 8.06. The van der Waals surface area contributed by atoms with Crippen LogP contribution in [0.2, 0.25) is 0 Å². The second-order valence-corrected chi connectivity index (χ2v) is 2.23.